The SMILES string of the molecule is NCC1OC(OC2C(O)C(O)C(O)C[C@@H]2CN=O)C(N=O)C(O)C1O. The van der Waals surface area contributed by atoms with E-state index >= 15 is 0 Å². The van der Waals surface area contributed by atoms with Gasteiger partial charge in [-0.1, -0.05) is 10.4 Å². The van der Waals surface area contributed by atoms with Crippen molar-refractivity contribution in [2.75, 3.05) is 13.1 Å². The Balaban J connectivity index is 2.20. The maximum Gasteiger partial charge on any atom is 0.186 e. The summed E-state index contributed by atoms with van der Waals surface area (Å²) in [7, 11) is 0. The van der Waals surface area contributed by atoms with E-state index in [9.17, 15) is 35.3 Å². The molecule has 1 saturated carbocycles. The molecule has 0 bridgehead atoms. The number of nitrogens with two attached hydrogens (primary N) is 1. The number of rotatable bonds is 6. The predicted molar refractivity (Wildman–Crippen MR) is 81.0 cm³/mol. The van der Waals surface area contributed by atoms with Gasteiger partial charge in [-0.2, -0.15) is 9.81 Å². The first-order valence-corrected chi connectivity index (χ1v) is 7.88. The Bertz CT molecular complexity index is 470. The van der Waals surface area contributed by atoms with Crippen LogP contribution in [0.15, 0.2) is 10.4 Å². The molecule has 10 atom stereocenters. The number of nitroso groups, excluding NO2 is 2. The zero-order valence-corrected chi connectivity index (χ0v) is 13.2. The molecule has 9 unspecified atom stereocenters. The molecular weight excluding hydrogens is 342 g/mol. The van der Waals surface area contributed by atoms with Crippen LogP contribution >= 0.6 is 0 Å². The van der Waals surface area contributed by atoms with Crippen LogP contribution in [0.1, 0.15) is 6.42 Å². The first-order chi connectivity index (χ1) is 11.8. The molecule has 1 aliphatic heterocycles. The van der Waals surface area contributed by atoms with E-state index in [1.54, 1.807) is 0 Å². The Kier molecular flexibility index (Phi) is 6.87. The Labute approximate surface area is 142 Å². The van der Waals surface area contributed by atoms with Crippen LogP contribution in [0.4, 0.5) is 0 Å². The first-order valence-electron chi connectivity index (χ1n) is 7.88. The molecular formula is C13H23N3O9. The second-order valence-electron chi connectivity index (χ2n) is 6.31. The molecule has 0 spiro atoms. The molecule has 0 amide bonds. The Hall–Kier alpha value is -1.12. The van der Waals surface area contributed by atoms with E-state index in [1.807, 2.05) is 0 Å². The zero-order valence-electron chi connectivity index (χ0n) is 13.2. The Morgan fingerprint density at radius 2 is 1.72 bits per heavy atom. The minimum atomic E-state index is -1.61. The summed E-state index contributed by atoms with van der Waals surface area (Å²) in [6, 6.07) is -1.51. The second kappa shape index (κ2) is 8.51. The molecule has 12 heteroatoms. The van der Waals surface area contributed by atoms with Crippen LogP contribution in [0.5, 0.6) is 0 Å². The van der Waals surface area contributed by atoms with E-state index in [-0.39, 0.29) is 19.5 Å². The van der Waals surface area contributed by atoms with E-state index in [4.69, 9.17) is 15.2 Å². The lowest BCUT2D eigenvalue weighted by Gasteiger charge is -2.45. The molecule has 0 radical (unpaired) electrons. The number of ether oxygens (including phenoxy) is 2. The summed E-state index contributed by atoms with van der Waals surface area (Å²) in [5, 5.41) is 55.0. The third-order valence-corrected chi connectivity index (χ3v) is 4.71. The van der Waals surface area contributed by atoms with Gasteiger partial charge in [0.2, 0.25) is 0 Å². The molecule has 1 saturated heterocycles. The minimum absolute atomic E-state index is 0.0773. The van der Waals surface area contributed by atoms with Crippen LogP contribution in [0.25, 0.3) is 0 Å². The van der Waals surface area contributed by atoms with Gasteiger partial charge in [-0.15, -0.1) is 0 Å². The van der Waals surface area contributed by atoms with Crippen LogP contribution in [-0.2, 0) is 9.47 Å². The molecule has 1 heterocycles. The van der Waals surface area contributed by atoms with Crippen LogP contribution in [0, 0.1) is 15.7 Å². The van der Waals surface area contributed by atoms with Crippen LogP contribution in [0.3, 0.4) is 0 Å². The number of aliphatic hydroxyl groups is 5. The summed E-state index contributed by atoms with van der Waals surface area (Å²) in [5.41, 5.74) is 5.44. The maximum absolute atomic E-state index is 11.0. The number of hydrogen-bond acceptors (Lipinski definition) is 12. The minimum Gasteiger partial charge on any atom is -0.390 e. The molecule has 0 aromatic carbocycles. The quantitative estimate of drug-likeness (QED) is 0.260. The highest BCUT2D eigenvalue weighted by Crippen LogP contribution is 2.33. The fourth-order valence-corrected chi connectivity index (χ4v) is 3.24. The average Bonchev–Trinajstić information content (AvgIpc) is 2.59. The predicted octanol–water partition coefficient (Wildman–Crippen LogP) is -3.22. The maximum atomic E-state index is 11.0. The van der Waals surface area contributed by atoms with Crippen molar-refractivity contribution < 1.29 is 35.0 Å². The number of hydrogen-bond donors (Lipinski definition) is 6. The van der Waals surface area contributed by atoms with E-state index in [0.29, 0.717) is 0 Å². The van der Waals surface area contributed by atoms with Gasteiger partial charge in [0.1, 0.15) is 30.5 Å². The second-order valence-corrected chi connectivity index (χ2v) is 6.31. The van der Waals surface area contributed by atoms with Gasteiger partial charge in [-0.25, -0.2) is 0 Å². The normalized spacial score (nSPS) is 48.1. The third-order valence-electron chi connectivity index (χ3n) is 4.71. The standard InChI is InChI=1S/C13H23N3O9/c14-2-6-9(19)10(20)7(16-23)13(24-6)25-12-4(3-15-22)1-5(17)8(18)11(12)21/h4-13,17-21H,1-3,14H2/t4-,5?,6?,7?,8?,9?,10?,11?,12?,13?/m1/s1. The number of aliphatic hydroxyl groups excluding tert-OH is 5. The molecule has 7 N–H and O–H groups in total. The van der Waals surface area contributed by atoms with Crippen molar-refractivity contribution in [1.29, 1.82) is 0 Å². The van der Waals surface area contributed by atoms with Crippen molar-refractivity contribution in [3.8, 4) is 0 Å². The number of nitrogens with zero attached hydrogens (tertiary/aromatic N) is 2. The lowest BCUT2D eigenvalue weighted by Crippen LogP contribution is -2.62. The van der Waals surface area contributed by atoms with Crippen molar-refractivity contribution in [2.45, 2.75) is 61.5 Å². The van der Waals surface area contributed by atoms with Crippen LogP contribution in [0.2, 0.25) is 0 Å². The van der Waals surface area contributed by atoms with Gasteiger partial charge in [0.25, 0.3) is 0 Å². The largest absolute Gasteiger partial charge is 0.390 e. The zero-order chi connectivity index (χ0) is 18.7. The van der Waals surface area contributed by atoms with Crippen LogP contribution in [-0.4, -0.2) is 93.7 Å². The average molecular weight is 365 g/mol. The Morgan fingerprint density at radius 3 is 2.28 bits per heavy atom. The van der Waals surface area contributed by atoms with Gasteiger partial charge < -0.3 is 40.7 Å². The highest BCUT2D eigenvalue weighted by molar-refractivity contribution is 4.98. The molecule has 2 aliphatic rings. The first kappa shape index (κ1) is 20.2. The molecule has 2 fully saturated rings. The fraction of sp³-hybridized carbons (Fsp3) is 1.00. The lowest BCUT2D eigenvalue weighted by atomic mass is 9.80. The summed E-state index contributed by atoms with van der Waals surface area (Å²) >= 11 is 0. The molecule has 0 aromatic heterocycles. The van der Waals surface area contributed by atoms with Crippen molar-refractivity contribution in [3.63, 3.8) is 0 Å². The molecule has 144 valence electrons. The fourth-order valence-electron chi connectivity index (χ4n) is 3.24. The van der Waals surface area contributed by atoms with Gasteiger partial charge in [0.05, 0.1) is 18.8 Å². The van der Waals surface area contributed by atoms with Gasteiger partial charge in [-0.05, 0) is 6.42 Å². The smallest absolute Gasteiger partial charge is 0.186 e. The third kappa shape index (κ3) is 4.01. The molecule has 12 nitrogen and oxygen atoms in total. The van der Waals surface area contributed by atoms with Crippen molar-refractivity contribution >= 4 is 0 Å². The van der Waals surface area contributed by atoms with Crippen molar-refractivity contribution in [2.24, 2.45) is 22.0 Å². The van der Waals surface area contributed by atoms with E-state index < -0.39 is 61.0 Å². The lowest BCUT2D eigenvalue weighted by molar-refractivity contribution is -0.296. The monoisotopic (exact) mass is 365 g/mol. The summed E-state index contributed by atoms with van der Waals surface area (Å²) in [5.74, 6) is -0.762. The highest BCUT2D eigenvalue weighted by Gasteiger charge is 2.50. The topological polar surface area (TPSA) is 204 Å². The molecule has 1 aliphatic carbocycles. The van der Waals surface area contributed by atoms with Gasteiger partial charge in [-0.3, -0.25) is 0 Å². The summed E-state index contributed by atoms with van der Waals surface area (Å²) in [6.45, 7) is -0.500. The summed E-state index contributed by atoms with van der Waals surface area (Å²) in [4.78, 5) is 21.6. The van der Waals surface area contributed by atoms with Crippen molar-refractivity contribution in [1.82, 2.24) is 0 Å². The van der Waals surface area contributed by atoms with Gasteiger partial charge in [0, 0.05) is 12.5 Å². The van der Waals surface area contributed by atoms with Gasteiger partial charge >= 0.3 is 0 Å². The summed E-state index contributed by atoms with van der Waals surface area (Å²) < 4.78 is 10.9. The highest BCUT2D eigenvalue weighted by atomic mass is 16.7. The molecule has 25 heavy (non-hydrogen) atoms. The molecule has 2 rings (SSSR count). The van der Waals surface area contributed by atoms with E-state index in [0.717, 1.165) is 0 Å². The molecule has 0 aromatic rings. The van der Waals surface area contributed by atoms with Crippen LogP contribution < -0.4 is 5.73 Å². The summed E-state index contributed by atoms with van der Waals surface area (Å²) in [6.07, 6.45) is -11.3. The van der Waals surface area contributed by atoms with Crippen molar-refractivity contribution in [3.05, 3.63) is 9.81 Å². The Morgan fingerprint density at radius 1 is 1.04 bits per heavy atom. The van der Waals surface area contributed by atoms with E-state index in [1.165, 1.54) is 0 Å². The van der Waals surface area contributed by atoms with Gasteiger partial charge in [0.15, 0.2) is 12.3 Å². The van der Waals surface area contributed by atoms with E-state index in [2.05, 4.69) is 10.4 Å².